The highest BCUT2D eigenvalue weighted by Crippen LogP contribution is 2.45. The Morgan fingerprint density at radius 1 is 0.465 bits per heavy atom. The van der Waals surface area contributed by atoms with Crippen LogP contribution in [0.1, 0.15) is 0 Å². The van der Waals surface area contributed by atoms with Gasteiger partial charge in [-0.25, -0.2) is 15.0 Å². The Hall–Kier alpha value is -5.94. The summed E-state index contributed by atoms with van der Waals surface area (Å²) >= 11 is 0. The molecule has 9 aromatic rings. The van der Waals surface area contributed by atoms with Gasteiger partial charge >= 0.3 is 0 Å². The summed E-state index contributed by atoms with van der Waals surface area (Å²) in [5.74, 6) is 0. The maximum Gasteiger partial charge on any atom is 0.137 e. The van der Waals surface area contributed by atoms with Crippen LogP contribution in [0, 0.1) is 0 Å². The lowest BCUT2D eigenvalue weighted by Gasteiger charge is -2.18. The summed E-state index contributed by atoms with van der Waals surface area (Å²) in [7, 11) is 0. The minimum atomic E-state index is 0.902. The minimum absolute atomic E-state index is 0.902. The van der Waals surface area contributed by atoms with E-state index < -0.39 is 0 Å². The SMILES string of the molecule is c1cc(-c2ccncc2)nc(-c2c3ccccc3c(-c3nc4ccccc4c4nc5ccccn5c34)c3ccccc23)c1. The number of aromatic nitrogens is 5. The molecule has 0 unspecified atom stereocenters. The van der Waals surface area contributed by atoms with E-state index in [1.165, 1.54) is 0 Å². The van der Waals surface area contributed by atoms with Crippen molar-refractivity contribution in [1.82, 2.24) is 24.3 Å². The van der Waals surface area contributed by atoms with Crippen LogP contribution >= 0.6 is 0 Å². The second-order valence-electron chi connectivity index (χ2n) is 10.7. The van der Waals surface area contributed by atoms with Crippen LogP contribution in [0.5, 0.6) is 0 Å². The summed E-state index contributed by atoms with van der Waals surface area (Å²) in [6, 6.07) is 41.9. The molecule has 0 fully saturated rings. The van der Waals surface area contributed by atoms with Crippen molar-refractivity contribution in [1.29, 1.82) is 0 Å². The third kappa shape index (κ3) is 3.58. The number of fused-ring (bicyclic) bond motifs is 7. The quantitative estimate of drug-likeness (QED) is 0.206. The first-order valence-electron chi connectivity index (χ1n) is 14.3. The molecule has 0 spiro atoms. The van der Waals surface area contributed by atoms with Crippen LogP contribution < -0.4 is 0 Å². The van der Waals surface area contributed by atoms with E-state index in [-0.39, 0.29) is 0 Å². The molecule has 4 aromatic carbocycles. The first-order valence-corrected chi connectivity index (χ1v) is 14.3. The Kier molecular flexibility index (Phi) is 5.13. The van der Waals surface area contributed by atoms with Crippen molar-refractivity contribution >= 4 is 49.1 Å². The fourth-order valence-corrected chi connectivity index (χ4v) is 6.45. The van der Waals surface area contributed by atoms with Gasteiger partial charge in [0.2, 0.25) is 0 Å². The molecule has 0 atom stereocenters. The second-order valence-corrected chi connectivity index (χ2v) is 10.7. The standard InChI is InChI=1S/C38H23N5/c1-3-12-27-25(10-1)34(32-17-9-16-30(40-32)24-19-21-39-22-20-24)26-11-2-4-13-28(26)35(27)37-38-36(29-14-5-6-15-31(29)41-37)42-33-18-7-8-23-43(33)38/h1-23H. The van der Waals surface area contributed by atoms with Gasteiger partial charge in [0.25, 0.3) is 0 Å². The number of hydrogen-bond donors (Lipinski definition) is 0. The van der Waals surface area contributed by atoms with Crippen LogP contribution in [0.4, 0.5) is 0 Å². The number of imidazole rings is 1. The van der Waals surface area contributed by atoms with E-state index in [0.29, 0.717) is 0 Å². The van der Waals surface area contributed by atoms with Crippen molar-refractivity contribution < 1.29 is 0 Å². The van der Waals surface area contributed by atoms with Gasteiger partial charge in [-0.2, -0.15) is 0 Å². The van der Waals surface area contributed by atoms with Gasteiger partial charge in [-0.05, 0) is 64.0 Å². The molecule has 0 aliphatic heterocycles. The molecule has 0 radical (unpaired) electrons. The Morgan fingerprint density at radius 3 is 1.84 bits per heavy atom. The predicted molar refractivity (Wildman–Crippen MR) is 175 cm³/mol. The maximum absolute atomic E-state index is 5.37. The smallest absolute Gasteiger partial charge is 0.137 e. The summed E-state index contributed by atoms with van der Waals surface area (Å²) in [6.07, 6.45) is 5.69. The Bertz CT molecular complexity index is 2460. The van der Waals surface area contributed by atoms with Crippen molar-refractivity contribution in [2.75, 3.05) is 0 Å². The number of para-hydroxylation sites is 1. The molecule has 43 heavy (non-hydrogen) atoms. The van der Waals surface area contributed by atoms with Crippen LogP contribution in [0.15, 0.2) is 140 Å². The number of hydrogen-bond acceptors (Lipinski definition) is 4. The van der Waals surface area contributed by atoms with Gasteiger partial charge in [-0.3, -0.25) is 9.38 Å². The highest BCUT2D eigenvalue weighted by molar-refractivity contribution is 6.23. The molecule has 5 heteroatoms. The predicted octanol–water partition coefficient (Wildman–Crippen LogP) is 9.13. The normalized spacial score (nSPS) is 11.7. The molecule has 0 N–H and O–H groups in total. The number of benzene rings is 4. The molecular formula is C38H23N5. The Morgan fingerprint density at radius 2 is 1.09 bits per heavy atom. The van der Waals surface area contributed by atoms with Crippen molar-refractivity contribution in [3.05, 3.63) is 140 Å². The molecule has 5 aromatic heterocycles. The second kappa shape index (κ2) is 9.29. The van der Waals surface area contributed by atoms with E-state index in [4.69, 9.17) is 15.0 Å². The zero-order valence-corrected chi connectivity index (χ0v) is 23.0. The highest BCUT2D eigenvalue weighted by atomic mass is 15.0. The summed E-state index contributed by atoms with van der Waals surface area (Å²) in [4.78, 5) is 19.8. The molecule has 0 aliphatic carbocycles. The zero-order valence-electron chi connectivity index (χ0n) is 23.0. The zero-order chi connectivity index (χ0) is 28.3. The van der Waals surface area contributed by atoms with E-state index in [1.54, 1.807) is 12.4 Å². The molecule has 9 rings (SSSR count). The highest BCUT2D eigenvalue weighted by Gasteiger charge is 2.22. The third-order valence-electron chi connectivity index (χ3n) is 8.30. The lowest BCUT2D eigenvalue weighted by atomic mass is 9.88. The monoisotopic (exact) mass is 549 g/mol. The van der Waals surface area contributed by atoms with Gasteiger partial charge in [0.05, 0.1) is 22.6 Å². The lowest BCUT2D eigenvalue weighted by molar-refractivity contribution is 1.22. The van der Waals surface area contributed by atoms with Gasteiger partial charge in [-0.15, -0.1) is 0 Å². The number of pyridine rings is 4. The van der Waals surface area contributed by atoms with E-state index in [2.05, 4.69) is 107 Å². The van der Waals surface area contributed by atoms with E-state index in [0.717, 1.165) is 82.9 Å². The molecule has 5 heterocycles. The molecule has 0 amide bonds. The van der Waals surface area contributed by atoms with Gasteiger partial charge in [-0.1, -0.05) is 78.9 Å². The molecule has 5 nitrogen and oxygen atoms in total. The van der Waals surface area contributed by atoms with Crippen LogP contribution in [0.3, 0.4) is 0 Å². The van der Waals surface area contributed by atoms with Crippen molar-refractivity contribution in [3.8, 4) is 33.8 Å². The van der Waals surface area contributed by atoms with Gasteiger partial charge in [0, 0.05) is 40.7 Å². The van der Waals surface area contributed by atoms with Crippen molar-refractivity contribution in [2.24, 2.45) is 0 Å². The van der Waals surface area contributed by atoms with Crippen molar-refractivity contribution in [3.63, 3.8) is 0 Å². The first-order chi connectivity index (χ1) is 21.3. The summed E-state index contributed by atoms with van der Waals surface area (Å²) in [6.45, 7) is 0. The summed E-state index contributed by atoms with van der Waals surface area (Å²) in [5.41, 5.74) is 9.81. The summed E-state index contributed by atoms with van der Waals surface area (Å²) in [5, 5.41) is 5.57. The average Bonchev–Trinajstić information content (AvgIpc) is 3.48. The van der Waals surface area contributed by atoms with E-state index in [9.17, 15) is 0 Å². The summed E-state index contributed by atoms with van der Waals surface area (Å²) < 4.78 is 2.17. The van der Waals surface area contributed by atoms with Gasteiger partial charge < -0.3 is 0 Å². The fraction of sp³-hybridized carbons (Fsp3) is 0. The minimum Gasteiger partial charge on any atom is -0.298 e. The topological polar surface area (TPSA) is 56.0 Å². The lowest BCUT2D eigenvalue weighted by Crippen LogP contribution is -1.97. The molecular weight excluding hydrogens is 526 g/mol. The van der Waals surface area contributed by atoms with Crippen LogP contribution in [0.25, 0.3) is 82.9 Å². The van der Waals surface area contributed by atoms with E-state index in [1.807, 2.05) is 30.3 Å². The molecule has 0 saturated heterocycles. The van der Waals surface area contributed by atoms with Crippen LogP contribution in [0.2, 0.25) is 0 Å². The number of rotatable bonds is 3. The van der Waals surface area contributed by atoms with Gasteiger partial charge in [0.15, 0.2) is 0 Å². The van der Waals surface area contributed by atoms with Crippen molar-refractivity contribution in [2.45, 2.75) is 0 Å². The van der Waals surface area contributed by atoms with E-state index >= 15 is 0 Å². The Balaban J connectivity index is 1.44. The number of nitrogens with zero attached hydrogens (tertiary/aromatic N) is 5. The largest absolute Gasteiger partial charge is 0.298 e. The first kappa shape index (κ1) is 23.7. The molecule has 0 aliphatic rings. The molecule has 0 bridgehead atoms. The van der Waals surface area contributed by atoms with Gasteiger partial charge in [0.1, 0.15) is 16.7 Å². The molecule has 0 saturated carbocycles. The average molecular weight is 550 g/mol. The maximum atomic E-state index is 5.37. The third-order valence-corrected chi connectivity index (χ3v) is 8.30. The van der Waals surface area contributed by atoms with Crippen LogP contribution in [-0.2, 0) is 0 Å². The van der Waals surface area contributed by atoms with Crippen LogP contribution in [-0.4, -0.2) is 24.3 Å². The Labute approximate surface area is 246 Å². The fourth-order valence-electron chi connectivity index (χ4n) is 6.45. The molecule has 200 valence electrons.